The number of nitrogens with two attached hydrogens (primary N) is 1. The Morgan fingerprint density at radius 1 is 1.39 bits per heavy atom. The van der Waals surface area contributed by atoms with Gasteiger partial charge in [0, 0.05) is 30.2 Å². The van der Waals surface area contributed by atoms with Crippen molar-refractivity contribution in [3.05, 3.63) is 23.3 Å². The predicted molar refractivity (Wildman–Crippen MR) is 75.8 cm³/mol. The van der Waals surface area contributed by atoms with Crippen molar-refractivity contribution in [3.63, 3.8) is 0 Å². The number of rotatable bonds is 4. The zero-order chi connectivity index (χ0) is 13.3. The fourth-order valence-corrected chi connectivity index (χ4v) is 3.06. The summed E-state index contributed by atoms with van der Waals surface area (Å²) in [5, 5.41) is 0. The Labute approximate surface area is 109 Å². The van der Waals surface area contributed by atoms with Gasteiger partial charge in [-0.05, 0) is 30.5 Å². The highest BCUT2D eigenvalue weighted by Gasteiger charge is 2.21. The van der Waals surface area contributed by atoms with Crippen molar-refractivity contribution in [1.82, 2.24) is 0 Å². The van der Waals surface area contributed by atoms with Crippen molar-refractivity contribution in [1.29, 1.82) is 0 Å². The molecule has 0 fully saturated rings. The number of nitrogen functional groups attached to an aromatic ring is 1. The summed E-state index contributed by atoms with van der Waals surface area (Å²) in [5.74, 6) is 0.431. The smallest absolute Gasteiger partial charge is 0.151 e. The van der Waals surface area contributed by atoms with Crippen molar-refractivity contribution in [2.24, 2.45) is 0 Å². The van der Waals surface area contributed by atoms with Crippen LogP contribution in [0.1, 0.15) is 18.1 Å². The lowest BCUT2D eigenvalue weighted by molar-refractivity contribution is 0.596. The third kappa shape index (κ3) is 2.61. The molecule has 1 aliphatic heterocycles. The number of anilines is 2. The van der Waals surface area contributed by atoms with E-state index in [0.29, 0.717) is 6.54 Å². The maximum Gasteiger partial charge on any atom is 0.151 e. The molecule has 100 valence electrons. The highest BCUT2D eigenvalue weighted by molar-refractivity contribution is 7.91. The number of sulfone groups is 1. The summed E-state index contributed by atoms with van der Waals surface area (Å²) in [6.07, 6.45) is 0.975. The highest BCUT2D eigenvalue weighted by atomic mass is 32.2. The molecule has 1 heterocycles. The van der Waals surface area contributed by atoms with Gasteiger partial charge in [-0.2, -0.15) is 0 Å². The van der Waals surface area contributed by atoms with E-state index in [1.807, 2.05) is 13.0 Å². The standard InChI is InChI=1S/C13H20N2O2S/c1-3-18(16,17)7-6-15-5-4-11-8-10(2)12(14)9-13(11)15/h8-9H,3-7,14H2,1-2H3. The van der Waals surface area contributed by atoms with Crippen LogP contribution in [0.2, 0.25) is 0 Å². The van der Waals surface area contributed by atoms with Gasteiger partial charge in [-0.3, -0.25) is 0 Å². The van der Waals surface area contributed by atoms with Gasteiger partial charge in [-0.1, -0.05) is 13.0 Å². The molecule has 0 aromatic heterocycles. The molecule has 0 spiro atoms. The zero-order valence-electron chi connectivity index (χ0n) is 10.9. The van der Waals surface area contributed by atoms with Crippen LogP contribution in [0.5, 0.6) is 0 Å². The molecule has 2 N–H and O–H groups in total. The Hall–Kier alpha value is -1.23. The first-order chi connectivity index (χ1) is 8.43. The van der Waals surface area contributed by atoms with E-state index in [1.165, 1.54) is 5.56 Å². The monoisotopic (exact) mass is 268 g/mol. The van der Waals surface area contributed by atoms with Gasteiger partial charge in [0.15, 0.2) is 9.84 Å². The van der Waals surface area contributed by atoms with Crippen molar-refractivity contribution < 1.29 is 8.42 Å². The Morgan fingerprint density at radius 2 is 2.11 bits per heavy atom. The summed E-state index contributed by atoms with van der Waals surface area (Å²) in [6.45, 7) is 5.14. The average Bonchev–Trinajstić information content (AvgIpc) is 2.70. The van der Waals surface area contributed by atoms with E-state index < -0.39 is 9.84 Å². The minimum Gasteiger partial charge on any atom is -0.398 e. The molecular weight excluding hydrogens is 248 g/mol. The molecule has 0 bridgehead atoms. The SMILES string of the molecule is CCS(=O)(=O)CCN1CCc2cc(C)c(N)cc21. The number of fused-ring (bicyclic) bond motifs is 1. The number of aryl methyl sites for hydroxylation is 1. The Balaban J connectivity index is 2.15. The first-order valence-corrected chi connectivity index (χ1v) is 8.09. The molecular formula is C13H20N2O2S. The van der Waals surface area contributed by atoms with Crippen molar-refractivity contribution in [2.75, 3.05) is 35.2 Å². The maximum absolute atomic E-state index is 11.5. The first kappa shape index (κ1) is 13.2. The molecule has 0 radical (unpaired) electrons. The molecule has 0 saturated heterocycles. The second-order valence-electron chi connectivity index (χ2n) is 4.81. The van der Waals surface area contributed by atoms with Crippen LogP contribution in [0.3, 0.4) is 0 Å². The van der Waals surface area contributed by atoms with Crippen LogP contribution in [0, 0.1) is 6.92 Å². The van der Waals surface area contributed by atoms with Gasteiger partial charge in [-0.25, -0.2) is 8.42 Å². The average molecular weight is 268 g/mol. The molecule has 0 aliphatic carbocycles. The second kappa shape index (κ2) is 4.80. The van der Waals surface area contributed by atoms with Crippen LogP contribution in [-0.2, 0) is 16.3 Å². The van der Waals surface area contributed by atoms with E-state index in [4.69, 9.17) is 5.73 Å². The summed E-state index contributed by atoms with van der Waals surface area (Å²) in [7, 11) is -2.90. The molecule has 0 unspecified atom stereocenters. The van der Waals surface area contributed by atoms with Gasteiger partial charge in [0.05, 0.1) is 5.75 Å². The molecule has 4 nitrogen and oxygen atoms in total. The number of hydrogen-bond donors (Lipinski definition) is 1. The fourth-order valence-electron chi connectivity index (χ4n) is 2.27. The minimum absolute atomic E-state index is 0.212. The molecule has 1 aromatic rings. The number of nitrogens with zero attached hydrogens (tertiary/aromatic N) is 1. The summed E-state index contributed by atoms with van der Waals surface area (Å²) in [4.78, 5) is 2.12. The molecule has 0 amide bonds. The highest BCUT2D eigenvalue weighted by Crippen LogP contribution is 2.31. The zero-order valence-corrected chi connectivity index (χ0v) is 11.8. The second-order valence-corrected chi connectivity index (χ2v) is 7.28. The molecule has 5 heteroatoms. The molecule has 0 atom stereocenters. The summed E-state index contributed by atoms with van der Waals surface area (Å²) < 4.78 is 23.1. The van der Waals surface area contributed by atoms with Crippen molar-refractivity contribution >= 4 is 21.2 Å². The fraction of sp³-hybridized carbons (Fsp3) is 0.538. The Kier molecular flexibility index (Phi) is 3.52. The van der Waals surface area contributed by atoms with Gasteiger partial charge < -0.3 is 10.6 Å². The van der Waals surface area contributed by atoms with Crippen LogP contribution < -0.4 is 10.6 Å². The van der Waals surface area contributed by atoms with Gasteiger partial charge in [0.2, 0.25) is 0 Å². The van der Waals surface area contributed by atoms with E-state index in [2.05, 4.69) is 11.0 Å². The Morgan fingerprint density at radius 3 is 2.78 bits per heavy atom. The molecule has 1 aliphatic rings. The minimum atomic E-state index is -2.90. The quantitative estimate of drug-likeness (QED) is 0.838. The van der Waals surface area contributed by atoms with E-state index >= 15 is 0 Å². The Bertz CT molecular complexity index is 552. The van der Waals surface area contributed by atoms with E-state index in [1.54, 1.807) is 6.92 Å². The van der Waals surface area contributed by atoms with Crippen LogP contribution in [0.4, 0.5) is 11.4 Å². The lowest BCUT2D eigenvalue weighted by atomic mass is 10.1. The van der Waals surface area contributed by atoms with Crippen LogP contribution in [-0.4, -0.2) is 33.0 Å². The third-order valence-electron chi connectivity index (χ3n) is 3.57. The molecule has 1 aromatic carbocycles. The van der Waals surface area contributed by atoms with Crippen molar-refractivity contribution in [2.45, 2.75) is 20.3 Å². The summed E-state index contributed by atoms with van der Waals surface area (Å²) >= 11 is 0. The molecule has 18 heavy (non-hydrogen) atoms. The third-order valence-corrected chi connectivity index (χ3v) is 5.26. The van der Waals surface area contributed by atoms with E-state index in [-0.39, 0.29) is 11.5 Å². The molecule has 2 rings (SSSR count). The predicted octanol–water partition coefficient (Wildman–Crippen LogP) is 1.37. The lowest BCUT2D eigenvalue weighted by Crippen LogP contribution is -2.28. The lowest BCUT2D eigenvalue weighted by Gasteiger charge is -2.19. The topological polar surface area (TPSA) is 63.4 Å². The van der Waals surface area contributed by atoms with Crippen LogP contribution >= 0.6 is 0 Å². The molecule has 0 saturated carbocycles. The van der Waals surface area contributed by atoms with E-state index in [0.717, 1.165) is 29.9 Å². The number of hydrogen-bond acceptors (Lipinski definition) is 4. The van der Waals surface area contributed by atoms with Crippen molar-refractivity contribution in [3.8, 4) is 0 Å². The van der Waals surface area contributed by atoms with Gasteiger partial charge in [0.1, 0.15) is 0 Å². The largest absolute Gasteiger partial charge is 0.398 e. The van der Waals surface area contributed by atoms with Gasteiger partial charge >= 0.3 is 0 Å². The summed E-state index contributed by atoms with van der Waals surface area (Å²) in [5.41, 5.74) is 10.2. The van der Waals surface area contributed by atoms with Crippen LogP contribution in [0.25, 0.3) is 0 Å². The van der Waals surface area contributed by atoms with Crippen LogP contribution in [0.15, 0.2) is 12.1 Å². The summed E-state index contributed by atoms with van der Waals surface area (Å²) in [6, 6.07) is 4.08. The van der Waals surface area contributed by atoms with E-state index in [9.17, 15) is 8.42 Å². The first-order valence-electron chi connectivity index (χ1n) is 6.27. The number of benzene rings is 1. The normalized spacial score (nSPS) is 14.9. The maximum atomic E-state index is 11.5. The van der Waals surface area contributed by atoms with Gasteiger partial charge in [-0.15, -0.1) is 0 Å². The van der Waals surface area contributed by atoms with Gasteiger partial charge in [0.25, 0.3) is 0 Å².